The second-order valence-electron chi connectivity index (χ2n) is 6.50. The molecule has 0 radical (unpaired) electrons. The van der Waals surface area contributed by atoms with E-state index < -0.39 is 0 Å². The number of nitrogens with one attached hydrogen (secondary N) is 1. The van der Waals surface area contributed by atoms with Crippen molar-refractivity contribution in [2.45, 2.75) is 20.4 Å². The van der Waals surface area contributed by atoms with Gasteiger partial charge in [-0.2, -0.15) is 0 Å². The Labute approximate surface area is 167 Å². The minimum Gasteiger partial charge on any atom is -0.337 e. The number of fused-ring (bicyclic) bond motifs is 1. The number of aromatic nitrogens is 1. The van der Waals surface area contributed by atoms with Crippen LogP contribution in [0, 0.1) is 6.92 Å². The van der Waals surface area contributed by atoms with Crippen LogP contribution in [0.2, 0.25) is 0 Å². The lowest BCUT2D eigenvalue weighted by atomic mass is 10.2. The Morgan fingerprint density at radius 3 is 2.59 bits per heavy atom. The van der Waals surface area contributed by atoms with Crippen molar-refractivity contribution >= 4 is 44.3 Å². The Morgan fingerprint density at radius 1 is 1.15 bits per heavy atom. The van der Waals surface area contributed by atoms with Gasteiger partial charge >= 0.3 is 0 Å². The third-order valence-electron chi connectivity index (χ3n) is 4.54. The number of likely N-dealkylation sites (N-methyl/N-ethyl adjacent to an activating group) is 1. The molecule has 0 aliphatic heterocycles. The van der Waals surface area contributed by atoms with E-state index in [2.05, 4.69) is 21.2 Å². The van der Waals surface area contributed by atoms with Crippen LogP contribution in [0.4, 0.5) is 5.69 Å². The molecule has 6 heteroatoms. The summed E-state index contributed by atoms with van der Waals surface area (Å²) < 4.78 is 2.93. The molecule has 27 heavy (non-hydrogen) atoms. The van der Waals surface area contributed by atoms with E-state index in [-0.39, 0.29) is 18.4 Å². The molecule has 0 aliphatic carbocycles. The Bertz CT molecular complexity index is 1010. The molecule has 5 nitrogen and oxygen atoms in total. The second-order valence-corrected chi connectivity index (χ2v) is 7.42. The van der Waals surface area contributed by atoms with Gasteiger partial charge in [0, 0.05) is 34.7 Å². The molecule has 0 unspecified atom stereocenters. The molecule has 1 N–H and O–H groups in total. The standard InChI is InChI=1S/C21H22BrN3O2/c1-4-25-18-8-6-5-7-15(18)12-19(25)21(27)24(3)13-20(26)23-17-10-9-16(22)11-14(17)2/h5-12H,4,13H2,1-3H3,(H,23,26). The van der Waals surface area contributed by atoms with Crippen molar-refractivity contribution in [3.8, 4) is 0 Å². The number of halogens is 1. The van der Waals surface area contributed by atoms with Crippen molar-refractivity contribution in [1.29, 1.82) is 0 Å². The number of anilines is 1. The highest BCUT2D eigenvalue weighted by Crippen LogP contribution is 2.22. The van der Waals surface area contributed by atoms with E-state index in [4.69, 9.17) is 0 Å². The highest BCUT2D eigenvalue weighted by molar-refractivity contribution is 9.10. The average Bonchev–Trinajstić information content (AvgIpc) is 3.01. The molecule has 1 aromatic heterocycles. The van der Waals surface area contributed by atoms with Gasteiger partial charge < -0.3 is 14.8 Å². The van der Waals surface area contributed by atoms with Crippen LogP contribution < -0.4 is 5.32 Å². The van der Waals surface area contributed by atoms with Crippen LogP contribution in [0.5, 0.6) is 0 Å². The van der Waals surface area contributed by atoms with Gasteiger partial charge in [0.2, 0.25) is 5.91 Å². The van der Waals surface area contributed by atoms with Crippen molar-refractivity contribution in [2.24, 2.45) is 0 Å². The summed E-state index contributed by atoms with van der Waals surface area (Å²) in [6.45, 7) is 4.60. The van der Waals surface area contributed by atoms with Crippen molar-refractivity contribution in [2.75, 3.05) is 18.9 Å². The fourth-order valence-corrected chi connectivity index (χ4v) is 3.64. The molecule has 0 saturated carbocycles. The van der Waals surface area contributed by atoms with Crippen molar-refractivity contribution < 1.29 is 9.59 Å². The predicted molar refractivity (Wildman–Crippen MR) is 112 cm³/mol. The molecule has 3 rings (SSSR count). The molecule has 0 saturated heterocycles. The third kappa shape index (κ3) is 4.06. The van der Waals surface area contributed by atoms with Gasteiger partial charge in [-0.15, -0.1) is 0 Å². The maximum Gasteiger partial charge on any atom is 0.270 e. The zero-order chi connectivity index (χ0) is 19.6. The minimum absolute atomic E-state index is 0.0143. The van der Waals surface area contributed by atoms with Crippen LogP contribution in [0.3, 0.4) is 0 Å². The molecule has 1 heterocycles. The number of rotatable bonds is 5. The minimum atomic E-state index is -0.226. The van der Waals surface area contributed by atoms with Gasteiger partial charge in [-0.05, 0) is 49.7 Å². The smallest absolute Gasteiger partial charge is 0.270 e. The maximum absolute atomic E-state index is 12.9. The molecule has 3 aromatic rings. The first-order valence-corrected chi connectivity index (χ1v) is 9.59. The molecule has 0 fully saturated rings. The number of hydrogen-bond acceptors (Lipinski definition) is 2. The average molecular weight is 428 g/mol. The van der Waals surface area contributed by atoms with Crippen molar-refractivity contribution in [3.63, 3.8) is 0 Å². The molecule has 0 atom stereocenters. The number of aryl methyl sites for hydroxylation is 2. The Kier molecular flexibility index (Phi) is 5.65. The zero-order valence-electron chi connectivity index (χ0n) is 15.6. The second kappa shape index (κ2) is 7.96. The maximum atomic E-state index is 12.9. The summed E-state index contributed by atoms with van der Waals surface area (Å²) in [6.07, 6.45) is 0. The first-order chi connectivity index (χ1) is 12.9. The van der Waals surface area contributed by atoms with E-state index >= 15 is 0 Å². The normalized spacial score (nSPS) is 10.8. The van der Waals surface area contributed by atoms with E-state index in [9.17, 15) is 9.59 Å². The Morgan fingerprint density at radius 2 is 1.89 bits per heavy atom. The van der Waals surface area contributed by atoms with Crippen LogP contribution in [-0.2, 0) is 11.3 Å². The van der Waals surface area contributed by atoms with Crippen LogP contribution in [0.1, 0.15) is 23.0 Å². The highest BCUT2D eigenvalue weighted by Gasteiger charge is 2.20. The topological polar surface area (TPSA) is 54.3 Å². The Balaban J connectivity index is 1.75. The van der Waals surface area contributed by atoms with Crippen molar-refractivity contribution in [1.82, 2.24) is 9.47 Å². The highest BCUT2D eigenvalue weighted by atomic mass is 79.9. The summed E-state index contributed by atoms with van der Waals surface area (Å²) in [7, 11) is 1.65. The van der Waals surface area contributed by atoms with Gasteiger partial charge in [0.15, 0.2) is 0 Å². The van der Waals surface area contributed by atoms with E-state index in [1.807, 2.05) is 66.9 Å². The van der Waals surface area contributed by atoms with Gasteiger partial charge in [0.25, 0.3) is 5.91 Å². The van der Waals surface area contributed by atoms with Crippen LogP contribution in [-0.4, -0.2) is 34.9 Å². The number of para-hydroxylation sites is 1. The molecule has 140 valence electrons. The zero-order valence-corrected chi connectivity index (χ0v) is 17.2. The fourth-order valence-electron chi connectivity index (χ4n) is 3.17. The summed E-state index contributed by atoms with van der Waals surface area (Å²) in [5.41, 5.74) is 3.31. The molecule has 2 amide bonds. The molecular weight excluding hydrogens is 406 g/mol. The number of amides is 2. The number of carbonyl (C=O) groups is 2. The van der Waals surface area contributed by atoms with Gasteiger partial charge in [-0.25, -0.2) is 0 Å². The van der Waals surface area contributed by atoms with Gasteiger partial charge in [0.05, 0.1) is 6.54 Å². The van der Waals surface area contributed by atoms with E-state index in [0.29, 0.717) is 12.2 Å². The quantitative estimate of drug-likeness (QED) is 0.653. The summed E-state index contributed by atoms with van der Waals surface area (Å²) >= 11 is 3.41. The van der Waals surface area contributed by atoms with Crippen molar-refractivity contribution in [3.05, 3.63) is 64.3 Å². The molecule has 0 spiro atoms. The van der Waals surface area contributed by atoms with Gasteiger partial charge in [0.1, 0.15) is 5.69 Å². The largest absolute Gasteiger partial charge is 0.337 e. The number of carbonyl (C=O) groups excluding carboxylic acids is 2. The van der Waals surface area contributed by atoms with E-state index in [1.54, 1.807) is 7.05 Å². The van der Waals surface area contributed by atoms with Crippen LogP contribution in [0.25, 0.3) is 10.9 Å². The third-order valence-corrected chi connectivity index (χ3v) is 5.03. The number of hydrogen-bond donors (Lipinski definition) is 1. The molecule has 0 bridgehead atoms. The fraction of sp³-hybridized carbons (Fsp3) is 0.238. The SMILES string of the molecule is CCn1c(C(=O)N(C)CC(=O)Nc2ccc(Br)cc2C)cc2ccccc21. The van der Waals surface area contributed by atoms with Crippen LogP contribution in [0.15, 0.2) is 53.0 Å². The lowest BCUT2D eigenvalue weighted by molar-refractivity contribution is -0.116. The van der Waals surface area contributed by atoms with Gasteiger partial charge in [-0.3, -0.25) is 9.59 Å². The van der Waals surface area contributed by atoms with Crippen LogP contribution >= 0.6 is 15.9 Å². The van der Waals surface area contributed by atoms with Gasteiger partial charge in [-0.1, -0.05) is 34.1 Å². The summed E-state index contributed by atoms with van der Waals surface area (Å²) in [6, 6.07) is 15.4. The lowest BCUT2D eigenvalue weighted by Crippen LogP contribution is -2.36. The first-order valence-electron chi connectivity index (χ1n) is 8.80. The first kappa shape index (κ1) is 19.2. The van der Waals surface area contributed by atoms with E-state index in [0.717, 1.165) is 26.6 Å². The number of nitrogens with zero attached hydrogens (tertiary/aromatic N) is 2. The molecule has 0 aliphatic rings. The lowest BCUT2D eigenvalue weighted by Gasteiger charge is -2.18. The molecular formula is C21H22BrN3O2. The summed E-state index contributed by atoms with van der Waals surface area (Å²) in [5.74, 6) is -0.397. The molecule has 2 aromatic carbocycles. The number of benzene rings is 2. The summed E-state index contributed by atoms with van der Waals surface area (Å²) in [5, 5.41) is 3.89. The van der Waals surface area contributed by atoms with E-state index in [1.165, 1.54) is 4.90 Å². The Hall–Kier alpha value is -2.60. The predicted octanol–water partition coefficient (Wildman–Crippen LogP) is 4.44. The monoisotopic (exact) mass is 427 g/mol. The summed E-state index contributed by atoms with van der Waals surface area (Å²) in [4.78, 5) is 26.8.